The van der Waals surface area contributed by atoms with E-state index in [0.29, 0.717) is 30.5 Å². The van der Waals surface area contributed by atoms with E-state index >= 15 is 0 Å². The molecule has 0 bridgehead atoms. The van der Waals surface area contributed by atoms with Gasteiger partial charge in [0.25, 0.3) is 0 Å². The molecule has 3 aromatic heterocycles. The number of methoxy groups -OCH3 is 1. The number of anilines is 1. The highest BCUT2D eigenvalue weighted by molar-refractivity contribution is 5.67. The van der Waals surface area contributed by atoms with Crippen molar-refractivity contribution in [2.45, 2.75) is 52.6 Å². The Bertz CT molecular complexity index is 1290. The van der Waals surface area contributed by atoms with Crippen LogP contribution in [0.15, 0.2) is 54.7 Å². The summed E-state index contributed by atoms with van der Waals surface area (Å²) in [7, 11) is 1.68. The zero-order valence-corrected chi connectivity index (χ0v) is 21.3. The Morgan fingerprint density at radius 3 is 2.49 bits per heavy atom. The fourth-order valence-electron chi connectivity index (χ4n) is 3.75. The van der Waals surface area contributed by atoms with Crippen molar-refractivity contribution in [1.82, 2.24) is 29.9 Å². The predicted molar refractivity (Wildman–Crippen MR) is 138 cm³/mol. The van der Waals surface area contributed by atoms with Gasteiger partial charge in [-0.2, -0.15) is 0 Å². The Kier molecular flexibility index (Phi) is 7.21. The number of aryl methyl sites for hydroxylation is 1. The summed E-state index contributed by atoms with van der Waals surface area (Å²) in [6.07, 6.45) is 1.90. The predicted octanol–water partition coefficient (Wildman–Crippen LogP) is 4.90. The highest BCUT2D eigenvalue weighted by Crippen LogP contribution is 2.25. The second-order valence-electron chi connectivity index (χ2n) is 9.90. The van der Waals surface area contributed by atoms with Crippen LogP contribution in [0.5, 0.6) is 0 Å². The molecule has 4 aromatic rings. The first-order valence-electron chi connectivity index (χ1n) is 11.8. The molecular weight excluding hydrogens is 438 g/mol. The van der Waals surface area contributed by atoms with Gasteiger partial charge in [0, 0.05) is 29.8 Å². The molecule has 1 N–H and O–H groups in total. The van der Waals surface area contributed by atoms with Crippen molar-refractivity contribution in [1.29, 1.82) is 0 Å². The van der Waals surface area contributed by atoms with E-state index < -0.39 is 0 Å². The van der Waals surface area contributed by atoms with Gasteiger partial charge in [0.2, 0.25) is 5.95 Å². The van der Waals surface area contributed by atoms with E-state index in [1.54, 1.807) is 11.8 Å². The number of benzene rings is 1. The van der Waals surface area contributed by atoms with Crippen LogP contribution in [0.25, 0.3) is 22.6 Å². The van der Waals surface area contributed by atoms with Crippen molar-refractivity contribution < 1.29 is 4.74 Å². The molecule has 0 unspecified atom stereocenters. The lowest BCUT2D eigenvalue weighted by Crippen LogP contribution is -2.22. The Labute approximate surface area is 206 Å². The molecule has 0 saturated carbocycles. The van der Waals surface area contributed by atoms with E-state index in [-0.39, 0.29) is 11.5 Å². The molecule has 182 valence electrons. The number of nitrogens with one attached hydrogen (secondary N) is 1. The second-order valence-corrected chi connectivity index (χ2v) is 9.90. The van der Waals surface area contributed by atoms with Gasteiger partial charge in [0.05, 0.1) is 36.4 Å². The van der Waals surface area contributed by atoms with Crippen molar-refractivity contribution in [3.05, 3.63) is 71.7 Å². The molecule has 3 heterocycles. The number of nitrogens with zero attached hydrogens (tertiary/aromatic N) is 6. The summed E-state index contributed by atoms with van der Waals surface area (Å²) in [6, 6.07) is 16.4. The van der Waals surface area contributed by atoms with E-state index in [9.17, 15) is 0 Å². The van der Waals surface area contributed by atoms with Crippen molar-refractivity contribution in [3.63, 3.8) is 0 Å². The topological polar surface area (TPSA) is 90.6 Å². The van der Waals surface area contributed by atoms with Gasteiger partial charge in [-0.1, -0.05) is 55.8 Å². The average Bonchev–Trinajstić information content (AvgIpc) is 3.27. The van der Waals surface area contributed by atoms with Crippen LogP contribution in [-0.2, 0) is 16.7 Å². The molecule has 0 aliphatic rings. The fraction of sp³-hybridized carbons (Fsp3) is 0.370. The highest BCUT2D eigenvalue weighted by Gasteiger charge is 2.17. The maximum absolute atomic E-state index is 5.26. The van der Waals surface area contributed by atoms with Gasteiger partial charge in [-0.3, -0.25) is 4.98 Å². The number of hydrogen-bond donors (Lipinski definition) is 1. The molecule has 4 rings (SSSR count). The van der Waals surface area contributed by atoms with Gasteiger partial charge in [-0.05, 0) is 38.1 Å². The summed E-state index contributed by atoms with van der Waals surface area (Å²) in [5.74, 6) is 0.526. The number of aromatic nitrogens is 6. The van der Waals surface area contributed by atoms with Gasteiger partial charge >= 0.3 is 0 Å². The zero-order valence-electron chi connectivity index (χ0n) is 21.3. The van der Waals surface area contributed by atoms with Gasteiger partial charge in [-0.25, -0.2) is 14.6 Å². The minimum atomic E-state index is -0.0138. The quantitative estimate of drug-likeness (QED) is 0.391. The van der Waals surface area contributed by atoms with E-state index in [1.807, 2.05) is 43.5 Å². The third kappa shape index (κ3) is 6.27. The Morgan fingerprint density at radius 1 is 0.971 bits per heavy atom. The maximum atomic E-state index is 5.26. The maximum Gasteiger partial charge on any atom is 0.224 e. The Hall–Kier alpha value is -3.65. The third-order valence-corrected chi connectivity index (χ3v) is 5.53. The van der Waals surface area contributed by atoms with Crippen LogP contribution in [-0.4, -0.2) is 49.7 Å². The molecule has 1 atom stereocenters. The second kappa shape index (κ2) is 10.3. The van der Waals surface area contributed by atoms with Crippen LogP contribution >= 0.6 is 0 Å². The van der Waals surface area contributed by atoms with Gasteiger partial charge < -0.3 is 10.1 Å². The smallest absolute Gasteiger partial charge is 0.224 e. The van der Waals surface area contributed by atoms with Crippen LogP contribution in [0.1, 0.15) is 44.6 Å². The molecule has 0 aliphatic heterocycles. The van der Waals surface area contributed by atoms with Crippen molar-refractivity contribution in [3.8, 4) is 22.6 Å². The summed E-state index contributed by atoms with van der Waals surface area (Å²) in [5.41, 5.74) is 6.36. The number of pyridine rings is 1. The molecule has 8 nitrogen and oxygen atoms in total. The number of ether oxygens (including phenoxy) is 1. The summed E-state index contributed by atoms with van der Waals surface area (Å²) in [6.45, 7) is 11.7. The first kappa shape index (κ1) is 24.5. The van der Waals surface area contributed by atoms with Crippen LogP contribution in [0.4, 0.5) is 5.95 Å². The van der Waals surface area contributed by atoms with E-state index in [1.165, 1.54) is 5.56 Å². The lowest BCUT2D eigenvalue weighted by atomic mass is 9.91. The van der Waals surface area contributed by atoms with Crippen LogP contribution in [0.2, 0.25) is 0 Å². The third-order valence-electron chi connectivity index (χ3n) is 5.53. The van der Waals surface area contributed by atoms with E-state index in [4.69, 9.17) is 19.7 Å². The average molecular weight is 472 g/mol. The highest BCUT2D eigenvalue weighted by atomic mass is 16.5. The molecule has 8 heteroatoms. The van der Waals surface area contributed by atoms with E-state index in [0.717, 1.165) is 22.6 Å². The molecule has 0 aliphatic carbocycles. The van der Waals surface area contributed by atoms with Gasteiger partial charge in [-0.15, -0.1) is 5.10 Å². The van der Waals surface area contributed by atoms with Gasteiger partial charge in [0.1, 0.15) is 5.69 Å². The largest absolute Gasteiger partial charge is 0.383 e. The molecule has 0 spiro atoms. The summed E-state index contributed by atoms with van der Waals surface area (Å²) < 4.78 is 7.05. The fourth-order valence-corrected chi connectivity index (χ4v) is 3.75. The molecular formula is C27H33N7O. The van der Waals surface area contributed by atoms with Crippen molar-refractivity contribution in [2.24, 2.45) is 0 Å². The summed E-state index contributed by atoms with van der Waals surface area (Å²) >= 11 is 0. The number of hydrogen-bond acceptors (Lipinski definition) is 7. The lowest BCUT2D eigenvalue weighted by molar-refractivity contribution is 0.190. The SMILES string of the molecule is COC[C@@H](C)Nc1nc(-c2cccc(C)c2)cc(-c2cn(Cc3cccc(C(C)(C)C)n3)nn2)n1. The minimum Gasteiger partial charge on any atom is -0.383 e. The van der Waals surface area contributed by atoms with Crippen molar-refractivity contribution in [2.75, 3.05) is 19.0 Å². The first-order chi connectivity index (χ1) is 16.7. The molecule has 0 radical (unpaired) electrons. The first-order valence-corrected chi connectivity index (χ1v) is 11.8. The monoisotopic (exact) mass is 471 g/mol. The molecule has 0 amide bonds. The molecule has 35 heavy (non-hydrogen) atoms. The van der Waals surface area contributed by atoms with Crippen LogP contribution in [0.3, 0.4) is 0 Å². The van der Waals surface area contributed by atoms with Crippen LogP contribution < -0.4 is 5.32 Å². The van der Waals surface area contributed by atoms with Gasteiger partial charge in [0.15, 0.2) is 0 Å². The Morgan fingerprint density at radius 2 is 1.74 bits per heavy atom. The normalized spacial score (nSPS) is 12.5. The standard InChI is InChI=1S/C27H33N7O/c1-18-9-7-10-20(13-18)22-14-23(31-26(30-22)28-19(2)17-35-6)24-16-34(33-32-24)15-21-11-8-12-25(29-21)27(3,4)5/h7-14,16,19H,15,17H2,1-6H3,(H,28,30,31)/t19-/m1/s1. The summed E-state index contributed by atoms with van der Waals surface area (Å²) in [5, 5.41) is 12.1. The van der Waals surface area contributed by atoms with Crippen LogP contribution in [0, 0.1) is 6.92 Å². The molecule has 1 aromatic carbocycles. The minimum absolute atomic E-state index is 0.0138. The lowest BCUT2D eigenvalue weighted by Gasteiger charge is -2.18. The van der Waals surface area contributed by atoms with Crippen molar-refractivity contribution >= 4 is 5.95 Å². The van der Waals surface area contributed by atoms with E-state index in [2.05, 4.69) is 61.5 Å². The Balaban J connectivity index is 1.65. The molecule has 0 saturated heterocycles. The molecule has 0 fully saturated rings. The number of rotatable bonds is 8. The zero-order chi connectivity index (χ0) is 25.0. The summed E-state index contributed by atoms with van der Waals surface area (Å²) in [4.78, 5) is 14.3.